The molecular weight excluding hydrogens is 1430 g/mol. The minimum atomic E-state index is -2.03. The third-order valence-electron chi connectivity index (χ3n) is 21.2. The number of hydrogen-bond donors (Lipinski definition) is 0. The fourth-order valence-corrected chi connectivity index (χ4v) is 17.2. The van der Waals surface area contributed by atoms with Gasteiger partial charge in [0, 0.05) is 8.22 Å². The van der Waals surface area contributed by atoms with Crippen molar-refractivity contribution < 1.29 is 13.7 Å². The molecule has 0 bridgehead atoms. The lowest BCUT2D eigenvalue weighted by Gasteiger charge is -2.29. The van der Waals surface area contributed by atoms with Crippen molar-refractivity contribution in [3.8, 4) is 0 Å². The zero-order valence-electron chi connectivity index (χ0n) is 95.5. The van der Waals surface area contributed by atoms with E-state index in [0.717, 1.165) is 52.5 Å². The molecule has 9 aromatic rings. The summed E-state index contributed by atoms with van der Waals surface area (Å²) in [7, 11) is 0. The van der Waals surface area contributed by atoms with Crippen molar-refractivity contribution in [2.24, 2.45) is 11.8 Å². The maximum Gasteiger partial charge on any atom is 0.0629 e. The van der Waals surface area contributed by atoms with E-state index in [1.807, 2.05) is 74.4 Å². The highest BCUT2D eigenvalue weighted by Crippen LogP contribution is 2.39. The quantitative estimate of drug-likeness (QED) is 0.142. The van der Waals surface area contributed by atoms with Crippen molar-refractivity contribution >= 4 is 0 Å². The highest BCUT2D eigenvalue weighted by Gasteiger charge is 2.27. The van der Waals surface area contributed by atoms with E-state index in [4.69, 9.17) is 13.7 Å². The van der Waals surface area contributed by atoms with Crippen LogP contribution in [-0.4, -0.2) is 0 Å². The number of rotatable bonds is 8. The molecule has 0 amide bonds. The molecule has 9 rings (SSSR count). The van der Waals surface area contributed by atoms with Crippen LogP contribution in [0.25, 0.3) is 0 Å². The first-order chi connectivity index (χ1) is 58.2. The summed E-state index contributed by atoms with van der Waals surface area (Å²) in [5, 5.41) is 0. The second-order valence-electron chi connectivity index (χ2n) is 44.6. The summed E-state index contributed by atoms with van der Waals surface area (Å²) in [6, 6.07) is 51.5. The smallest absolute Gasteiger partial charge is 0.0625 e. The molecular formula is C119H184. The van der Waals surface area contributed by atoms with Crippen LogP contribution in [-0.2, 0) is 74.4 Å². The molecule has 9 aromatic carbocycles. The van der Waals surface area contributed by atoms with Gasteiger partial charge in [-0.1, -0.05) is 443 Å². The highest BCUT2D eigenvalue weighted by atomic mass is 14.3. The Morgan fingerprint density at radius 2 is 0.538 bits per heavy atom. The van der Waals surface area contributed by atoms with E-state index in [0.29, 0.717) is 39.5 Å². The molecule has 0 N–H and O–H groups in total. The number of hydrogen-bond acceptors (Lipinski definition) is 0. The minimum Gasteiger partial charge on any atom is -0.0625 e. The van der Waals surface area contributed by atoms with Gasteiger partial charge in [-0.2, -0.15) is 0 Å². The molecule has 660 valence electrons. The van der Waals surface area contributed by atoms with Crippen LogP contribution in [0.4, 0.5) is 0 Å². The molecule has 0 unspecified atom stereocenters. The lowest BCUT2D eigenvalue weighted by Crippen LogP contribution is -2.19. The average molecular weight is 1620 g/mol. The summed E-state index contributed by atoms with van der Waals surface area (Å²) in [6.07, 6.45) is 4.66. The lowest BCUT2D eigenvalue weighted by atomic mass is 9.75. The fourth-order valence-electron chi connectivity index (χ4n) is 17.2. The van der Waals surface area contributed by atoms with Crippen LogP contribution in [0.2, 0.25) is 0 Å². The number of aryl methyl sites for hydroxylation is 12. The van der Waals surface area contributed by atoms with Crippen molar-refractivity contribution in [3.63, 3.8) is 0 Å². The summed E-state index contributed by atoms with van der Waals surface area (Å²) < 4.78 is 76.4. The van der Waals surface area contributed by atoms with E-state index in [9.17, 15) is 0 Å². The van der Waals surface area contributed by atoms with Gasteiger partial charge in [0.2, 0.25) is 0 Å². The van der Waals surface area contributed by atoms with Crippen molar-refractivity contribution in [2.45, 2.75) is 418 Å². The molecule has 0 fully saturated rings. The summed E-state index contributed by atoms with van der Waals surface area (Å²) in [4.78, 5) is 0. The Kier molecular flexibility index (Phi) is 36.6. The summed E-state index contributed by atoms with van der Waals surface area (Å²) >= 11 is 0. The molecule has 0 heteroatoms. The van der Waals surface area contributed by atoms with Gasteiger partial charge in [0.25, 0.3) is 0 Å². The summed E-state index contributed by atoms with van der Waals surface area (Å²) in [5.41, 5.74) is 33.3. The van der Waals surface area contributed by atoms with Crippen molar-refractivity contribution in [1.82, 2.24) is 0 Å². The van der Waals surface area contributed by atoms with Gasteiger partial charge in [0.15, 0.2) is 0 Å². The van der Waals surface area contributed by atoms with Gasteiger partial charge in [-0.05, 0) is 302 Å². The van der Waals surface area contributed by atoms with Gasteiger partial charge in [0.05, 0.1) is 5.48 Å². The van der Waals surface area contributed by atoms with Crippen molar-refractivity contribution in [2.75, 3.05) is 0 Å². The van der Waals surface area contributed by atoms with Gasteiger partial charge in [-0.25, -0.2) is 0 Å². The molecule has 0 heterocycles. The van der Waals surface area contributed by atoms with Crippen LogP contribution in [0.5, 0.6) is 0 Å². The Balaban J connectivity index is 0.000000728. The zero-order chi connectivity index (χ0) is 101. The largest absolute Gasteiger partial charge is 0.0629 e. The van der Waals surface area contributed by atoms with Gasteiger partial charge >= 0.3 is 0 Å². The molecule has 0 aliphatic carbocycles. The topological polar surface area (TPSA) is 0 Å². The van der Waals surface area contributed by atoms with Gasteiger partial charge < -0.3 is 0 Å². The number of benzene rings is 9. The van der Waals surface area contributed by atoms with Crippen LogP contribution < -0.4 is 0 Å². The molecule has 0 radical (unpaired) electrons. The maximum atomic E-state index is 7.91. The molecule has 0 aliphatic rings. The highest BCUT2D eigenvalue weighted by molar-refractivity contribution is 5.47. The van der Waals surface area contributed by atoms with Crippen molar-refractivity contribution in [3.05, 3.63) is 314 Å². The van der Waals surface area contributed by atoms with Crippen LogP contribution >= 0.6 is 0 Å². The van der Waals surface area contributed by atoms with Gasteiger partial charge in [-0.15, -0.1) is 0 Å². The minimum absolute atomic E-state index is 0.00185. The lowest BCUT2D eigenvalue weighted by molar-refractivity contribution is 0.548. The monoisotopic (exact) mass is 1620 g/mol. The van der Waals surface area contributed by atoms with E-state index in [2.05, 4.69) is 371 Å². The molecule has 0 saturated heterocycles. The Morgan fingerprint density at radius 1 is 0.261 bits per heavy atom. The Morgan fingerprint density at radius 3 is 0.824 bits per heavy atom. The van der Waals surface area contributed by atoms with Crippen LogP contribution in [0.3, 0.4) is 0 Å². The van der Waals surface area contributed by atoms with E-state index < -0.39 is 13.7 Å². The molecule has 0 aromatic heterocycles. The predicted molar refractivity (Wildman–Crippen MR) is 542 cm³/mol. The van der Waals surface area contributed by atoms with E-state index in [1.54, 1.807) is 46.9 Å². The van der Waals surface area contributed by atoms with Crippen LogP contribution in [0, 0.1) is 87.9 Å². The third-order valence-corrected chi connectivity index (χ3v) is 21.2. The van der Waals surface area contributed by atoms with E-state index in [-0.39, 0.29) is 67.5 Å². The first-order valence-corrected chi connectivity index (χ1v) is 45.0. The van der Waals surface area contributed by atoms with E-state index >= 15 is 0 Å². The fraction of sp³-hybridized carbons (Fsp3) is 0.546. The van der Waals surface area contributed by atoms with Gasteiger partial charge in [-0.3, -0.25) is 0 Å². The molecule has 0 atom stereocenters. The maximum absolute atomic E-state index is 7.91. The Labute approximate surface area is 754 Å². The normalized spacial score (nSPS) is 13.4. The summed E-state index contributed by atoms with van der Waals surface area (Å²) in [6.45, 7) is 96.6. The first-order valence-electron chi connectivity index (χ1n) is 50.0. The summed E-state index contributed by atoms with van der Waals surface area (Å²) in [5.74, 6) is 2.65. The SMILES string of the molecule is CC(C)(C)c1ccccc1.CC(C)Cc1cccc(CC(C)C)c1C(C)(C)C.CC(C)c1cccc(C(C)C)c1C(C)(C)C.CCc1cccc(CC)c1C(C)(C)C.Cc1cc(C)c(C(C)(C)C)c(C)c1.Cc1cccc(C)c1C(C)(C)C.[2H]C([2H])([2H])c1cc(C)cc(C)c1C(C)(C)C.[2H]C([2H])([2H])c1cccc(C)c1C(C)(C)C.[2H]c1c([2H])c(C)c([2H])c(C(C)(C)C)c1[2H]. The Hall–Kier alpha value is -7.02. The second kappa shape index (κ2) is 47.0. The van der Waals surface area contributed by atoms with Crippen molar-refractivity contribution in [1.29, 1.82) is 0 Å². The third kappa shape index (κ3) is 37.7. The second-order valence-corrected chi connectivity index (χ2v) is 44.6. The molecule has 119 heavy (non-hydrogen) atoms. The standard InChI is InChI=1S/C18H30.C16H26.C14H22.2C13H20.2C12H18.C11H16.C10H14/c1-13(2)11-15-9-8-10-16(12-14(3)4)17(15)18(5,6)7;1-11(2)13-9-8-10-14(12(3)4)15(13)16(5,6)7;1-6-11-9-8-10-12(7-2)13(11)14(3,4)5;2*1-9-7-10(2)12(11(3)8-9)13(4,5)6;2*1-9-7-6-8-10(2)11(9)12(3,4)5;1-9-6-5-7-10(8-9)11(2,3)4;1-10(2,3)9-7-5-4-6-8-9/h8-10,13-14H,11-12H2,1-7H3;8-12H,1-7H3;8-10H,6-7H2,1-5H3;2*7-8H,1-6H3;2*6-8H,1-5H3;5-8H,1-4H3;4-8H,1-3H3/i;;;2D3;;1D3;;5D,6D,7D,8D;. The zero-order valence-corrected chi connectivity index (χ0v) is 85.5. The molecule has 0 aliphatic heterocycles. The predicted octanol–water partition coefficient (Wildman–Crippen LogP) is 36.0. The first kappa shape index (κ1) is 92.7. The average Bonchev–Trinajstić information content (AvgIpc) is 0.775. The Bertz CT molecular complexity index is 4810. The van der Waals surface area contributed by atoms with E-state index in [1.165, 1.54) is 79.6 Å². The molecule has 0 saturated carbocycles. The molecule has 0 spiro atoms. The van der Waals surface area contributed by atoms with Gasteiger partial charge in [0.1, 0.15) is 0 Å². The van der Waals surface area contributed by atoms with Crippen LogP contribution in [0.15, 0.2) is 170 Å². The molecule has 0 nitrogen and oxygen atoms in total. The van der Waals surface area contributed by atoms with Crippen LogP contribution in [0.1, 0.15) is 426 Å².